The number of halogens is 3. The molecule has 2 atom stereocenters. The van der Waals surface area contributed by atoms with Crippen LogP contribution < -0.4 is 5.73 Å². The van der Waals surface area contributed by atoms with Crippen molar-refractivity contribution in [3.8, 4) is 0 Å². The Labute approximate surface area is 44.7 Å². The normalized spacial score (nSPS) is 37.5. The maximum atomic E-state index is 11.4. The quantitative estimate of drug-likeness (QED) is 0.511. The summed E-state index contributed by atoms with van der Waals surface area (Å²) in [5.41, 5.74) is 4.93. The molecule has 2 N–H and O–H groups in total. The van der Waals surface area contributed by atoms with Crippen LogP contribution in [0.15, 0.2) is 0 Å². The lowest BCUT2D eigenvalue weighted by atomic mass is 10.4. The zero-order valence-corrected chi connectivity index (χ0v) is 4.07. The number of hydrogen-bond acceptors (Lipinski definition) is 1. The van der Waals surface area contributed by atoms with Crippen molar-refractivity contribution in [2.75, 3.05) is 0 Å². The summed E-state index contributed by atoms with van der Waals surface area (Å²) in [4.78, 5) is 0. The average Bonchev–Trinajstić information content (AvgIpc) is 2.13. The fraction of sp³-hybridized carbons (Fsp3) is 1.00. The van der Waals surface area contributed by atoms with Crippen molar-refractivity contribution in [2.24, 2.45) is 11.7 Å². The number of hydrogen-bond donors (Lipinski definition) is 1. The summed E-state index contributed by atoms with van der Waals surface area (Å²) in [5, 5.41) is 0. The lowest BCUT2D eigenvalue weighted by Crippen LogP contribution is -2.17. The van der Waals surface area contributed by atoms with Crippen LogP contribution in [0.3, 0.4) is 0 Å². The molecule has 0 aromatic rings. The molecular formula is C4H6F3N. The summed E-state index contributed by atoms with van der Waals surface area (Å²) in [5.74, 6) is -1.21. The highest BCUT2D eigenvalue weighted by Gasteiger charge is 2.53. The Balaban J connectivity index is 2.39. The molecule has 0 spiro atoms. The Morgan fingerprint density at radius 2 is 1.75 bits per heavy atom. The van der Waals surface area contributed by atoms with E-state index in [2.05, 4.69) is 0 Å². The van der Waals surface area contributed by atoms with Crippen molar-refractivity contribution in [1.82, 2.24) is 0 Å². The molecule has 0 radical (unpaired) electrons. The van der Waals surface area contributed by atoms with E-state index >= 15 is 0 Å². The minimum atomic E-state index is -4.04. The fourth-order valence-electron chi connectivity index (χ4n) is 0.591. The second kappa shape index (κ2) is 1.37. The molecule has 0 saturated heterocycles. The highest BCUT2D eigenvalue weighted by molar-refractivity contribution is 4.94. The van der Waals surface area contributed by atoms with Gasteiger partial charge in [0.25, 0.3) is 0 Å². The van der Waals surface area contributed by atoms with Gasteiger partial charge < -0.3 is 5.73 Å². The molecule has 0 bridgehead atoms. The summed E-state index contributed by atoms with van der Waals surface area (Å²) in [6.07, 6.45) is -3.93. The molecule has 1 aliphatic carbocycles. The van der Waals surface area contributed by atoms with E-state index in [0.29, 0.717) is 0 Å². The van der Waals surface area contributed by atoms with Gasteiger partial charge in [0.15, 0.2) is 0 Å². The summed E-state index contributed by atoms with van der Waals surface area (Å²) in [6, 6.07) is -0.616. The van der Waals surface area contributed by atoms with Gasteiger partial charge >= 0.3 is 6.18 Å². The van der Waals surface area contributed by atoms with E-state index < -0.39 is 18.1 Å². The summed E-state index contributed by atoms with van der Waals surface area (Å²) < 4.78 is 34.2. The van der Waals surface area contributed by atoms with Crippen LogP contribution in [0.1, 0.15) is 6.42 Å². The van der Waals surface area contributed by atoms with Gasteiger partial charge in [-0.25, -0.2) is 0 Å². The van der Waals surface area contributed by atoms with Crippen LogP contribution in [0.2, 0.25) is 0 Å². The molecule has 0 heterocycles. The molecule has 0 aromatic heterocycles. The Hall–Kier alpha value is -0.250. The molecule has 0 unspecified atom stereocenters. The van der Waals surface area contributed by atoms with E-state index in [1.807, 2.05) is 0 Å². The third-order valence-electron chi connectivity index (χ3n) is 1.26. The molecule has 1 rings (SSSR count). The summed E-state index contributed by atoms with van der Waals surface area (Å²) >= 11 is 0. The molecule has 0 aromatic carbocycles. The first-order valence-electron chi connectivity index (χ1n) is 2.34. The van der Waals surface area contributed by atoms with Gasteiger partial charge in [-0.3, -0.25) is 0 Å². The van der Waals surface area contributed by atoms with E-state index in [1.54, 1.807) is 0 Å². The predicted molar refractivity (Wildman–Crippen MR) is 22.1 cm³/mol. The average molecular weight is 125 g/mol. The van der Waals surface area contributed by atoms with E-state index in [4.69, 9.17) is 5.73 Å². The van der Waals surface area contributed by atoms with E-state index in [1.165, 1.54) is 0 Å². The van der Waals surface area contributed by atoms with Crippen LogP contribution in [0.5, 0.6) is 0 Å². The van der Waals surface area contributed by atoms with Crippen molar-refractivity contribution >= 4 is 0 Å². The molecule has 0 aliphatic heterocycles. The molecule has 1 fully saturated rings. The van der Waals surface area contributed by atoms with Crippen LogP contribution in [0, 0.1) is 5.92 Å². The Kier molecular flexibility index (Phi) is 1.01. The smallest absolute Gasteiger partial charge is 0.327 e. The van der Waals surface area contributed by atoms with Crippen molar-refractivity contribution < 1.29 is 13.2 Å². The first-order chi connectivity index (χ1) is 3.52. The van der Waals surface area contributed by atoms with Crippen LogP contribution in [0.25, 0.3) is 0 Å². The maximum absolute atomic E-state index is 11.4. The zero-order chi connectivity index (χ0) is 6.36. The van der Waals surface area contributed by atoms with Crippen molar-refractivity contribution in [3.63, 3.8) is 0 Å². The van der Waals surface area contributed by atoms with Crippen LogP contribution in [-0.4, -0.2) is 12.2 Å². The van der Waals surface area contributed by atoms with E-state index in [-0.39, 0.29) is 6.42 Å². The minimum absolute atomic E-state index is 0.115. The highest BCUT2D eigenvalue weighted by atomic mass is 19.4. The second-order valence-electron chi connectivity index (χ2n) is 2.05. The van der Waals surface area contributed by atoms with Crippen molar-refractivity contribution in [3.05, 3.63) is 0 Å². The van der Waals surface area contributed by atoms with Gasteiger partial charge in [0, 0.05) is 6.04 Å². The third kappa shape index (κ3) is 0.940. The van der Waals surface area contributed by atoms with Crippen molar-refractivity contribution in [1.29, 1.82) is 0 Å². The van der Waals surface area contributed by atoms with Crippen molar-refractivity contribution in [2.45, 2.75) is 18.6 Å². The fourth-order valence-corrected chi connectivity index (χ4v) is 0.591. The predicted octanol–water partition coefficient (Wildman–Crippen LogP) is 0.896. The van der Waals surface area contributed by atoms with Gasteiger partial charge in [-0.05, 0) is 6.42 Å². The third-order valence-corrected chi connectivity index (χ3v) is 1.26. The van der Waals surface area contributed by atoms with Crippen LogP contribution in [0.4, 0.5) is 13.2 Å². The van der Waals surface area contributed by atoms with Gasteiger partial charge in [-0.1, -0.05) is 0 Å². The molecule has 1 nitrogen and oxygen atoms in total. The molecular weight excluding hydrogens is 119 g/mol. The topological polar surface area (TPSA) is 26.0 Å². The van der Waals surface area contributed by atoms with E-state index in [9.17, 15) is 13.2 Å². The molecule has 8 heavy (non-hydrogen) atoms. The largest absolute Gasteiger partial charge is 0.393 e. The van der Waals surface area contributed by atoms with Crippen LogP contribution in [-0.2, 0) is 0 Å². The van der Waals surface area contributed by atoms with E-state index in [0.717, 1.165) is 0 Å². The van der Waals surface area contributed by atoms with Gasteiger partial charge in [0.2, 0.25) is 0 Å². The molecule has 48 valence electrons. The van der Waals surface area contributed by atoms with Gasteiger partial charge in [-0.2, -0.15) is 13.2 Å². The van der Waals surface area contributed by atoms with Gasteiger partial charge in [-0.15, -0.1) is 0 Å². The number of nitrogens with two attached hydrogens (primary N) is 1. The Bertz CT molecular complexity index is 97.9. The molecule has 0 amide bonds. The Morgan fingerprint density at radius 1 is 1.38 bits per heavy atom. The molecule has 4 heteroatoms. The number of rotatable bonds is 0. The lowest BCUT2D eigenvalue weighted by Gasteiger charge is -2.00. The first-order valence-corrected chi connectivity index (χ1v) is 2.34. The van der Waals surface area contributed by atoms with Crippen LogP contribution >= 0.6 is 0 Å². The maximum Gasteiger partial charge on any atom is 0.393 e. The van der Waals surface area contributed by atoms with Gasteiger partial charge in [0.1, 0.15) is 0 Å². The zero-order valence-electron chi connectivity index (χ0n) is 4.07. The Morgan fingerprint density at radius 3 is 1.75 bits per heavy atom. The first kappa shape index (κ1) is 5.88. The SMILES string of the molecule is N[C@@H]1C[C@@H]1C(F)(F)F. The van der Waals surface area contributed by atoms with Gasteiger partial charge in [0.05, 0.1) is 5.92 Å². The molecule has 1 aliphatic rings. The minimum Gasteiger partial charge on any atom is -0.327 e. The summed E-state index contributed by atoms with van der Waals surface area (Å²) in [6.45, 7) is 0. The second-order valence-corrected chi connectivity index (χ2v) is 2.05. The monoisotopic (exact) mass is 125 g/mol. The standard InChI is InChI=1S/C4H6F3N/c5-4(6,7)2-1-3(2)8/h2-3H,1,8H2/t2-,3+/m0/s1. The number of alkyl halides is 3. The summed E-state index contributed by atoms with van der Waals surface area (Å²) in [7, 11) is 0. The highest BCUT2D eigenvalue weighted by Crippen LogP contribution is 2.42. The molecule has 1 saturated carbocycles. The lowest BCUT2D eigenvalue weighted by molar-refractivity contribution is -0.148.